The highest BCUT2D eigenvalue weighted by Gasteiger charge is 2.40. The van der Waals surface area contributed by atoms with Crippen LogP contribution in [-0.2, 0) is 4.79 Å². The Morgan fingerprint density at radius 1 is 1.22 bits per heavy atom. The normalized spacial score (nSPS) is 27.5. The van der Waals surface area contributed by atoms with Crippen molar-refractivity contribution in [1.29, 1.82) is 0 Å². The molecule has 0 bridgehead atoms. The number of carbonyl (C=O) groups is 1. The Labute approximate surface area is 108 Å². The van der Waals surface area contributed by atoms with Gasteiger partial charge in [0.15, 0.2) is 0 Å². The Bertz CT molecular complexity index is 427. The fourth-order valence-electron chi connectivity index (χ4n) is 2.96. The molecule has 1 saturated carbocycles. The van der Waals surface area contributed by atoms with Crippen LogP contribution in [0.25, 0.3) is 0 Å². The number of benzene rings is 1. The molecule has 1 aromatic carbocycles. The minimum absolute atomic E-state index is 0.318. The van der Waals surface area contributed by atoms with Crippen LogP contribution in [0.4, 0.5) is 0 Å². The molecule has 2 N–H and O–H groups in total. The lowest BCUT2D eigenvalue weighted by Crippen LogP contribution is -2.30. The maximum absolute atomic E-state index is 12.1. The van der Waals surface area contributed by atoms with Crippen LogP contribution in [0.1, 0.15) is 24.3 Å². The Balaban J connectivity index is 1.76. The van der Waals surface area contributed by atoms with Gasteiger partial charge < -0.3 is 10.6 Å². The molecule has 0 radical (unpaired) electrons. The first-order valence-electron chi connectivity index (χ1n) is 6.83. The summed E-state index contributed by atoms with van der Waals surface area (Å²) in [5, 5.41) is 0. The zero-order valence-electron chi connectivity index (χ0n) is 10.6. The number of nitrogens with zero attached hydrogens (tertiary/aromatic N) is 1. The Hall–Kier alpha value is -1.35. The number of amides is 1. The Morgan fingerprint density at radius 3 is 2.56 bits per heavy atom. The van der Waals surface area contributed by atoms with E-state index in [4.69, 9.17) is 5.73 Å². The van der Waals surface area contributed by atoms with Crippen molar-refractivity contribution in [3.8, 4) is 0 Å². The van der Waals surface area contributed by atoms with Crippen molar-refractivity contribution in [3.05, 3.63) is 35.9 Å². The van der Waals surface area contributed by atoms with Crippen LogP contribution in [0, 0.1) is 11.8 Å². The summed E-state index contributed by atoms with van der Waals surface area (Å²) in [6.07, 6.45) is 2.16. The number of hydrogen-bond donors (Lipinski definition) is 1. The molecule has 2 fully saturated rings. The fourth-order valence-corrected chi connectivity index (χ4v) is 2.96. The van der Waals surface area contributed by atoms with Crippen molar-refractivity contribution in [2.45, 2.75) is 18.8 Å². The first-order chi connectivity index (χ1) is 8.79. The first-order valence-corrected chi connectivity index (χ1v) is 6.83. The maximum Gasteiger partial charge on any atom is 0.225 e. The summed E-state index contributed by atoms with van der Waals surface area (Å²) >= 11 is 0. The summed E-state index contributed by atoms with van der Waals surface area (Å²) < 4.78 is 0. The van der Waals surface area contributed by atoms with E-state index in [2.05, 4.69) is 24.3 Å². The maximum atomic E-state index is 12.1. The molecular weight excluding hydrogens is 224 g/mol. The highest BCUT2D eigenvalue weighted by atomic mass is 16.2. The molecular formula is C15H20N2O. The lowest BCUT2D eigenvalue weighted by Gasteiger charge is -2.16. The molecule has 1 aliphatic heterocycles. The predicted octanol–water partition coefficient (Wildman–Crippen LogP) is 1.60. The molecule has 2 aliphatic rings. The quantitative estimate of drug-likeness (QED) is 0.878. The number of hydrogen-bond acceptors (Lipinski definition) is 2. The second-order valence-electron chi connectivity index (χ2n) is 5.53. The van der Waals surface area contributed by atoms with Gasteiger partial charge in [-0.2, -0.15) is 0 Å². The Morgan fingerprint density at radius 2 is 1.94 bits per heavy atom. The van der Waals surface area contributed by atoms with E-state index in [-0.39, 0.29) is 0 Å². The van der Waals surface area contributed by atoms with Gasteiger partial charge in [-0.25, -0.2) is 0 Å². The highest BCUT2D eigenvalue weighted by Crippen LogP contribution is 2.37. The van der Waals surface area contributed by atoms with Crippen LogP contribution in [0.2, 0.25) is 0 Å². The van der Waals surface area contributed by atoms with Crippen LogP contribution in [0.15, 0.2) is 30.3 Å². The van der Waals surface area contributed by atoms with Gasteiger partial charge in [0.1, 0.15) is 0 Å². The molecule has 3 rings (SSSR count). The van der Waals surface area contributed by atoms with Crippen LogP contribution in [0.5, 0.6) is 0 Å². The molecule has 0 spiro atoms. The smallest absolute Gasteiger partial charge is 0.225 e. The molecule has 1 aliphatic carbocycles. The molecule has 3 nitrogen and oxygen atoms in total. The van der Waals surface area contributed by atoms with Gasteiger partial charge in [0, 0.05) is 24.9 Å². The molecule has 1 amide bonds. The van der Waals surface area contributed by atoms with E-state index in [1.807, 2.05) is 11.0 Å². The average molecular weight is 244 g/mol. The molecule has 96 valence electrons. The average Bonchev–Trinajstić information content (AvgIpc) is 3.17. The van der Waals surface area contributed by atoms with E-state index in [0.717, 1.165) is 25.9 Å². The lowest BCUT2D eigenvalue weighted by molar-refractivity contribution is -0.131. The summed E-state index contributed by atoms with van der Waals surface area (Å²) in [4.78, 5) is 14.2. The SMILES string of the molecule is NC[C@@H]1CN(C(=O)C2CC2)C[C@H]1c1ccccc1. The van der Waals surface area contributed by atoms with Crippen LogP contribution in [0.3, 0.4) is 0 Å². The number of rotatable bonds is 3. The zero-order chi connectivity index (χ0) is 12.5. The van der Waals surface area contributed by atoms with Crippen molar-refractivity contribution < 1.29 is 4.79 Å². The van der Waals surface area contributed by atoms with Gasteiger partial charge in [0.05, 0.1) is 0 Å². The summed E-state index contributed by atoms with van der Waals surface area (Å²) in [5.74, 6) is 1.50. The molecule has 1 heterocycles. The van der Waals surface area contributed by atoms with Gasteiger partial charge in [0.25, 0.3) is 0 Å². The van der Waals surface area contributed by atoms with Crippen LogP contribution >= 0.6 is 0 Å². The third-order valence-electron chi connectivity index (χ3n) is 4.21. The van der Waals surface area contributed by atoms with Gasteiger partial charge in [-0.3, -0.25) is 4.79 Å². The lowest BCUT2D eigenvalue weighted by atomic mass is 9.89. The van der Waals surface area contributed by atoms with Crippen molar-refractivity contribution in [2.24, 2.45) is 17.6 Å². The highest BCUT2D eigenvalue weighted by molar-refractivity contribution is 5.81. The zero-order valence-corrected chi connectivity index (χ0v) is 10.6. The molecule has 0 unspecified atom stereocenters. The fraction of sp³-hybridized carbons (Fsp3) is 0.533. The van der Waals surface area contributed by atoms with Gasteiger partial charge in [-0.1, -0.05) is 30.3 Å². The third kappa shape index (κ3) is 2.15. The standard InChI is InChI=1S/C15H20N2O/c16-8-13-9-17(15(18)12-6-7-12)10-14(13)11-4-2-1-3-5-11/h1-5,12-14H,6-10,16H2/t13-,14+/m1/s1. The van der Waals surface area contributed by atoms with Gasteiger partial charge >= 0.3 is 0 Å². The first kappa shape index (κ1) is 11.7. The van der Waals surface area contributed by atoms with Gasteiger partial charge in [-0.05, 0) is 30.9 Å². The second-order valence-corrected chi connectivity index (χ2v) is 5.53. The van der Waals surface area contributed by atoms with Crippen molar-refractivity contribution in [1.82, 2.24) is 4.90 Å². The monoisotopic (exact) mass is 244 g/mol. The number of likely N-dealkylation sites (tertiary alicyclic amines) is 1. The van der Waals surface area contributed by atoms with E-state index in [0.29, 0.717) is 30.2 Å². The Kier molecular flexibility index (Phi) is 3.08. The molecule has 18 heavy (non-hydrogen) atoms. The number of carbonyl (C=O) groups excluding carboxylic acids is 1. The summed E-state index contributed by atoms with van der Waals surface area (Å²) in [6.45, 7) is 2.35. The minimum atomic E-state index is 0.318. The van der Waals surface area contributed by atoms with Gasteiger partial charge in [0.2, 0.25) is 5.91 Å². The molecule has 1 saturated heterocycles. The summed E-state index contributed by atoms with van der Waals surface area (Å²) in [7, 11) is 0. The molecule has 2 atom stereocenters. The number of nitrogens with two attached hydrogens (primary N) is 1. The van der Waals surface area contributed by atoms with E-state index < -0.39 is 0 Å². The van der Waals surface area contributed by atoms with Crippen LogP contribution < -0.4 is 5.73 Å². The van der Waals surface area contributed by atoms with Crippen LogP contribution in [-0.4, -0.2) is 30.4 Å². The topological polar surface area (TPSA) is 46.3 Å². The summed E-state index contributed by atoms with van der Waals surface area (Å²) in [6, 6.07) is 10.5. The second kappa shape index (κ2) is 4.73. The van der Waals surface area contributed by atoms with Gasteiger partial charge in [-0.15, -0.1) is 0 Å². The van der Waals surface area contributed by atoms with E-state index in [1.165, 1.54) is 5.56 Å². The molecule has 0 aromatic heterocycles. The molecule has 3 heteroatoms. The third-order valence-corrected chi connectivity index (χ3v) is 4.21. The predicted molar refractivity (Wildman–Crippen MR) is 71.0 cm³/mol. The van der Waals surface area contributed by atoms with E-state index in [9.17, 15) is 4.79 Å². The van der Waals surface area contributed by atoms with E-state index >= 15 is 0 Å². The minimum Gasteiger partial charge on any atom is -0.341 e. The van der Waals surface area contributed by atoms with Crippen molar-refractivity contribution >= 4 is 5.91 Å². The van der Waals surface area contributed by atoms with E-state index in [1.54, 1.807) is 0 Å². The largest absolute Gasteiger partial charge is 0.341 e. The molecule has 1 aromatic rings. The van der Waals surface area contributed by atoms with Crippen molar-refractivity contribution in [3.63, 3.8) is 0 Å². The van der Waals surface area contributed by atoms with Crippen molar-refractivity contribution in [2.75, 3.05) is 19.6 Å². The summed E-state index contributed by atoms with van der Waals surface area (Å²) in [5.41, 5.74) is 7.20.